The normalized spacial score (nSPS) is 13.3. The third kappa shape index (κ3) is 8.24. The van der Waals surface area contributed by atoms with Crippen LogP contribution in [0.2, 0.25) is 0 Å². The summed E-state index contributed by atoms with van der Waals surface area (Å²) in [5, 5.41) is 5.48. The summed E-state index contributed by atoms with van der Waals surface area (Å²) >= 11 is 1.54. The monoisotopic (exact) mass is 563 g/mol. The Labute approximate surface area is 241 Å². The zero-order valence-corrected chi connectivity index (χ0v) is 25.1. The van der Waals surface area contributed by atoms with Crippen LogP contribution in [0.1, 0.15) is 30.7 Å². The molecule has 3 amide bonds. The minimum Gasteiger partial charge on any atom is -0.331 e. The Kier molecular flexibility index (Phi) is 10.6. The van der Waals surface area contributed by atoms with Gasteiger partial charge in [-0.05, 0) is 54.1 Å². The lowest BCUT2D eigenvalue weighted by Crippen LogP contribution is -2.57. The second-order valence-electron chi connectivity index (χ2n) is 10.8. The van der Waals surface area contributed by atoms with Gasteiger partial charge >= 0.3 is 0 Å². The zero-order valence-electron chi connectivity index (χ0n) is 24.3. The smallest absolute Gasteiger partial charge is 0.259 e. The van der Waals surface area contributed by atoms with Gasteiger partial charge in [-0.25, -0.2) is 5.43 Å². The summed E-state index contributed by atoms with van der Waals surface area (Å²) < 4.78 is 0. The van der Waals surface area contributed by atoms with Crippen LogP contribution in [0.4, 0.5) is 0 Å². The topological polar surface area (TPSA) is 99.0 Å². The first kappa shape index (κ1) is 31.0. The molecule has 0 fully saturated rings. The molecule has 0 aliphatic heterocycles. The fourth-order valence-corrected chi connectivity index (χ4v) is 5.19. The van der Waals surface area contributed by atoms with E-state index >= 15 is 0 Å². The second kappa shape index (κ2) is 13.7. The first-order chi connectivity index (χ1) is 18.9. The summed E-state index contributed by atoms with van der Waals surface area (Å²) in [6.45, 7) is 3.78. The SMILES string of the molecule is CNN(C)C(=O)[C@@H](Cc1cccs1)N(C)C(=O)[C@@H](Cc1ccc2ccccc2c1)N(C)C(=O)/C=C/CC(C)(C)N. The molecule has 2 atom stereocenters. The van der Waals surface area contributed by atoms with E-state index in [4.69, 9.17) is 5.73 Å². The molecular formula is C31H41N5O3S. The Morgan fingerprint density at radius 3 is 2.23 bits per heavy atom. The Hall–Kier alpha value is -3.53. The van der Waals surface area contributed by atoms with Crippen molar-refractivity contribution in [3.8, 4) is 0 Å². The zero-order chi connectivity index (χ0) is 29.4. The van der Waals surface area contributed by atoms with E-state index in [-0.39, 0.29) is 17.7 Å². The van der Waals surface area contributed by atoms with Crippen molar-refractivity contribution in [2.45, 2.75) is 50.7 Å². The fraction of sp³-hybridized carbons (Fsp3) is 0.387. The van der Waals surface area contributed by atoms with Gasteiger partial charge < -0.3 is 15.5 Å². The summed E-state index contributed by atoms with van der Waals surface area (Å²) in [6.07, 6.45) is 4.40. The molecule has 40 heavy (non-hydrogen) atoms. The van der Waals surface area contributed by atoms with Gasteiger partial charge in [0.25, 0.3) is 5.91 Å². The molecular weight excluding hydrogens is 522 g/mol. The summed E-state index contributed by atoms with van der Waals surface area (Å²) in [7, 11) is 6.56. The van der Waals surface area contributed by atoms with Gasteiger partial charge in [0.15, 0.2) is 0 Å². The highest BCUT2D eigenvalue weighted by atomic mass is 32.1. The number of hydrazine groups is 1. The van der Waals surface area contributed by atoms with Crippen LogP contribution in [0.5, 0.6) is 0 Å². The Balaban J connectivity index is 1.95. The molecule has 1 aromatic heterocycles. The molecule has 214 valence electrons. The quantitative estimate of drug-likeness (QED) is 0.259. The summed E-state index contributed by atoms with van der Waals surface area (Å²) in [6, 6.07) is 16.4. The molecule has 0 bridgehead atoms. The Morgan fingerprint density at radius 2 is 1.60 bits per heavy atom. The molecule has 1 heterocycles. The summed E-state index contributed by atoms with van der Waals surface area (Å²) in [5.41, 5.74) is 9.38. The van der Waals surface area contributed by atoms with Gasteiger partial charge in [0.2, 0.25) is 11.8 Å². The number of nitrogens with two attached hydrogens (primary N) is 1. The molecule has 0 radical (unpaired) electrons. The molecule has 2 aromatic carbocycles. The van der Waals surface area contributed by atoms with Crippen molar-refractivity contribution in [2.24, 2.45) is 5.73 Å². The Bertz CT molecular complexity index is 1330. The van der Waals surface area contributed by atoms with E-state index in [1.807, 2.05) is 73.8 Å². The van der Waals surface area contributed by atoms with Crippen LogP contribution in [0, 0.1) is 0 Å². The molecule has 8 nitrogen and oxygen atoms in total. The average Bonchev–Trinajstić information content (AvgIpc) is 3.45. The first-order valence-corrected chi connectivity index (χ1v) is 14.2. The van der Waals surface area contributed by atoms with Gasteiger partial charge in [0.1, 0.15) is 12.1 Å². The van der Waals surface area contributed by atoms with Gasteiger partial charge in [-0.3, -0.25) is 19.4 Å². The van der Waals surface area contributed by atoms with Crippen LogP contribution in [0.25, 0.3) is 10.8 Å². The maximum absolute atomic E-state index is 14.2. The van der Waals surface area contributed by atoms with Crippen molar-refractivity contribution in [2.75, 3.05) is 28.2 Å². The van der Waals surface area contributed by atoms with E-state index < -0.39 is 17.6 Å². The number of benzene rings is 2. The molecule has 0 aliphatic rings. The van der Waals surface area contributed by atoms with Crippen molar-refractivity contribution in [3.05, 3.63) is 82.6 Å². The highest BCUT2D eigenvalue weighted by Crippen LogP contribution is 2.21. The van der Waals surface area contributed by atoms with Crippen LogP contribution < -0.4 is 11.2 Å². The molecule has 0 unspecified atom stereocenters. The lowest BCUT2D eigenvalue weighted by molar-refractivity contribution is -0.149. The number of likely N-dealkylation sites (N-methyl/N-ethyl adjacent to an activating group) is 3. The van der Waals surface area contributed by atoms with Crippen molar-refractivity contribution < 1.29 is 14.4 Å². The van der Waals surface area contributed by atoms with Gasteiger partial charge in [0.05, 0.1) is 0 Å². The Morgan fingerprint density at radius 1 is 0.925 bits per heavy atom. The van der Waals surface area contributed by atoms with E-state index in [9.17, 15) is 14.4 Å². The lowest BCUT2D eigenvalue weighted by atomic mass is 9.99. The van der Waals surface area contributed by atoms with Crippen molar-refractivity contribution in [1.82, 2.24) is 20.2 Å². The van der Waals surface area contributed by atoms with Gasteiger partial charge in [-0.15, -0.1) is 11.3 Å². The number of nitrogens with one attached hydrogen (secondary N) is 1. The number of hydrogen-bond donors (Lipinski definition) is 2. The van der Waals surface area contributed by atoms with Crippen LogP contribution in [-0.4, -0.2) is 78.3 Å². The van der Waals surface area contributed by atoms with Crippen LogP contribution >= 0.6 is 11.3 Å². The molecule has 0 saturated carbocycles. The number of carbonyl (C=O) groups is 3. The summed E-state index contributed by atoms with van der Waals surface area (Å²) in [5.74, 6) is -0.850. The largest absolute Gasteiger partial charge is 0.331 e. The summed E-state index contributed by atoms with van der Waals surface area (Å²) in [4.78, 5) is 44.8. The fourth-order valence-electron chi connectivity index (χ4n) is 4.45. The van der Waals surface area contributed by atoms with Crippen LogP contribution in [0.3, 0.4) is 0 Å². The first-order valence-electron chi connectivity index (χ1n) is 13.3. The lowest BCUT2D eigenvalue weighted by Gasteiger charge is -2.35. The van der Waals surface area contributed by atoms with Crippen molar-refractivity contribution >= 4 is 39.8 Å². The maximum atomic E-state index is 14.2. The third-order valence-electron chi connectivity index (χ3n) is 6.99. The molecule has 3 aromatic rings. The number of thiophene rings is 1. The standard InChI is InChI=1S/C31H41N5O3S/c1-31(2,32)17-9-14-28(37)34(4)26(20-22-15-16-23-11-7-8-12-24(23)19-22)29(38)35(5)27(30(39)36(6)33-3)21-25-13-10-18-40-25/h7-16,18-19,26-27,33H,17,20-21,32H2,1-6H3/b14-9+/t26-,27-/m1/s1. The molecule has 9 heteroatoms. The predicted octanol–water partition coefficient (Wildman–Crippen LogP) is 3.62. The average molecular weight is 564 g/mol. The van der Waals surface area contributed by atoms with E-state index in [0.717, 1.165) is 21.2 Å². The molecule has 0 aliphatic carbocycles. The molecule has 3 N–H and O–H groups in total. The number of nitrogens with zero attached hydrogens (tertiary/aromatic N) is 3. The number of hydrogen-bond acceptors (Lipinski definition) is 6. The molecule has 0 spiro atoms. The van der Waals surface area contributed by atoms with E-state index in [2.05, 4.69) is 5.43 Å². The molecule has 3 rings (SSSR count). The highest BCUT2D eigenvalue weighted by Gasteiger charge is 2.36. The molecule has 0 saturated heterocycles. The minimum absolute atomic E-state index is 0.241. The van der Waals surface area contributed by atoms with Gasteiger partial charge in [0, 0.05) is 51.4 Å². The number of rotatable bonds is 12. The van der Waals surface area contributed by atoms with E-state index in [1.165, 1.54) is 32.2 Å². The minimum atomic E-state index is -0.826. The van der Waals surface area contributed by atoms with Crippen LogP contribution in [-0.2, 0) is 27.2 Å². The maximum Gasteiger partial charge on any atom is 0.259 e. The number of fused-ring (bicyclic) bond motifs is 1. The van der Waals surface area contributed by atoms with Crippen molar-refractivity contribution in [1.29, 1.82) is 0 Å². The number of amides is 3. The van der Waals surface area contributed by atoms with E-state index in [0.29, 0.717) is 19.3 Å². The van der Waals surface area contributed by atoms with Gasteiger partial charge in [-0.1, -0.05) is 54.6 Å². The van der Waals surface area contributed by atoms with Crippen LogP contribution in [0.15, 0.2) is 72.1 Å². The van der Waals surface area contributed by atoms with Crippen molar-refractivity contribution in [3.63, 3.8) is 0 Å². The predicted molar refractivity (Wildman–Crippen MR) is 163 cm³/mol. The highest BCUT2D eigenvalue weighted by molar-refractivity contribution is 7.09. The van der Waals surface area contributed by atoms with Gasteiger partial charge in [-0.2, -0.15) is 0 Å². The third-order valence-corrected chi connectivity index (χ3v) is 7.89. The van der Waals surface area contributed by atoms with E-state index in [1.54, 1.807) is 34.3 Å². The number of carbonyl (C=O) groups excluding carboxylic acids is 3. The second-order valence-corrected chi connectivity index (χ2v) is 11.8.